The van der Waals surface area contributed by atoms with E-state index in [1.165, 1.54) is 11.3 Å². The molecule has 0 aliphatic carbocycles. The van der Waals surface area contributed by atoms with Gasteiger partial charge in [-0.15, -0.1) is 11.3 Å². The number of rotatable bonds is 2. The summed E-state index contributed by atoms with van der Waals surface area (Å²) in [4.78, 5) is 19.6. The van der Waals surface area contributed by atoms with Crippen molar-refractivity contribution in [2.45, 2.75) is 25.7 Å². The van der Waals surface area contributed by atoms with Gasteiger partial charge < -0.3 is 9.42 Å². The fourth-order valence-electron chi connectivity index (χ4n) is 3.10. The number of benzene rings is 1. The van der Waals surface area contributed by atoms with Crippen molar-refractivity contribution < 1.29 is 9.32 Å². The van der Waals surface area contributed by atoms with Crippen molar-refractivity contribution in [2.75, 3.05) is 13.1 Å². The zero-order chi connectivity index (χ0) is 16.7. The van der Waals surface area contributed by atoms with Gasteiger partial charge >= 0.3 is 0 Å². The molecule has 0 radical (unpaired) electrons. The zero-order valence-electron chi connectivity index (χ0n) is 13.2. The average molecular weight is 362 g/mol. The van der Waals surface area contributed by atoms with Crippen LogP contribution in [0, 0.1) is 6.92 Å². The monoisotopic (exact) mass is 361 g/mol. The average Bonchev–Trinajstić information content (AvgIpc) is 3.19. The maximum Gasteiger partial charge on any atom is 0.265 e. The number of hydrogen-bond donors (Lipinski definition) is 0. The van der Waals surface area contributed by atoms with Gasteiger partial charge in [0.2, 0.25) is 5.89 Å². The molecule has 5 nitrogen and oxygen atoms in total. The smallest absolute Gasteiger partial charge is 0.265 e. The van der Waals surface area contributed by atoms with Crippen LogP contribution in [0.25, 0.3) is 10.1 Å². The van der Waals surface area contributed by atoms with Gasteiger partial charge in [-0.05, 0) is 25.8 Å². The summed E-state index contributed by atoms with van der Waals surface area (Å²) in [6.07, 6.45) is 1.66. The van der Waals surface area contributed by atoms with E-state index in [1.54, 1.807) is 0 Å². The van der Waals surface area contributed by atoms with E-state index in [0.717, 1.165) is 22.9 Å². The number of nitrogens with zero attached hydrogens (tertiary/aromatic N) is 3. The first-order chi connectivity index (χ1) is 11.6. The van der Waals surface area contributed by atoms with Crippen molar-refractivity contribution >= 4 is 38.9 Å². The number of likely N-dealkylation sites (tertiary alicyclic amines) is 1. The molecule has 7 heteroatoms. The number of halogens is 1. The van der Waals surface area contributed by atoms with Crippen LogP contribution in [0.15, 0.2) is 28.8 Å². The van der Waals surface area contributed by atoms with Gasteiger partial charge in [0.1, 0.15) is 4.88 Å². The molecular weight excluding hydrogens is 346 g/mol. The molecule has 1 aliphatic heterocycles. The van der Waals surface area contributed by atoms with E-state index in [9.17, 15) is 4.79 Å². The molecule has 124 valence electrons. The minimum Gasteiger partial charge on any atom is -0.339 e. The summed E-state index contributed by atoms with van der Waals surface area (Å²) in [7, 11) is 0. The lowest BCUT2D eigenvalue weighted by molar-refractivity contribution is 0.0709. The summed E-state index contributed by atoms with van der Waals surface area (Å²) >= 11 is 7.89. The van der Waals surface area contributed by atoms with Gasteiger partial charge in [-0.3, -0.25) is 4.79 Å². The van der Waals surface area contributed by atoms with Crippen LogP contribution < -0.4 is 0 Å². The molecule has 0 atom stereocenters. The minimum absolute atomic E-state index is 0.0151. The van der Waals surface area contributed by atoms with E-state index in [1.807, 2.05) is 36.1 Å². The Kier molecular flexibility index (Phi) is 4.02. The van der Waals surface area contributed by atoms with E-state index in [0.29, 0.717) is 34.7 Å². The molecule has 1 aromatic carbocycles. The first-order valence-corrected chi connectivity index (χ1v) is 9.09. The Labute approximate surface area is 148 Å². The Morgan fingerprint density at radius 1 is 1.33 bits per heavy atom. The predicted octanol–water partition coefficient (Wildman–Crippen LogP) is 4.27. The molecule has 0 saturated carbocycles. The van der Waals surface area contributed by atoms with Crippen LogP contribution in [0.1, 0.15) is 40.1 Å². The molecule has 1 amide bonds. The summed E-state index contributed by atoms with van der Waals surface area (Å²) in [5.41, 5.74) is 0. The largest absolute Gasteiger partial charge is 0.339 e. The molecular formula is C17H16ClN3O2S. The normalized spacial score (nSPS) is 16.0. The van der Waals surface area contributed by atoms with Crippen molar-refractivity contribution in [3.8, 4) is 0 Å². The van der Waals surface area contributed by atoms with Gasteiger partial charge in [-0.1, -0.05) is 35.0 Å². The fraction of sp³-hybridized carbons (Fsp3) is 0.353. The fourth-order valence-corrected chi connectivity index (χ4v) is 4.58. The van der Waals surface area contributed by atoms with E-state index >= 15 is 0 Å². The highest BCUT2D eigenvalue weighted by Gasteiger charge is 2.29. The van der Waals surface area contributed by atoms with Crippen LogP contribution in [0.5, 0.6) is 0 Å². The van der Waals surface area contributed by atoms with Crippen molar-refractivity contribution in [3.05, 3.63) is 45.9 Å². The van der Waals surface area contributed by atoms with Crippen LogP contribution in [0.2, 0.25) is 5.02 Å². The topological polar surface area (TPSA) is 59.2 Å². The van der Waals surface area contributed by atoms with Crippen molar-refractivity contribution in [3.63, 3.8) is 0 Å². The number of hydrogen-bond acceptors (Lipinski definition) is 5. The number of piperidine rings is 1. The van der Waals surface area contributed by atoms with Gasteiger partial charge in [0, 0.05) is 29.1 Å². The molecule has 0 bridgehead atoms. The minimum atomic E-state index is 0.0151. The van der Waals surface area contributed by atoms with Gasteiger partial charge in [0.05, 0.1) is 5.02 Å². The quantitative estimate of drug-likeness (QED) is 0.684. The first-order valence-electron chi connectivity index (χ1n) is 7.90. The SMILES string of the molecule is Cc1noc(C2CCN(C(=O)c3sc4ccccc4c3Cl)CC2)n1. The molecule has 1 saturated heterocycles. The Hall–Kier alpha value is -1.92. The van der Waals surface area contributed by atoms with Crippen LogP contribution in [0.4, 0.5) is 0 Å². The summed E-state index contributed by atoms with van der Waals surface area (Å²) in [6, 6.07) is 7.84. The van der Waals surface area contributed by atoms with Crippen LogP contribution in [-0.2, 0) is 0 Å². The number of aromatic nitrogens is 2. The zero-order valence-corrected chi connectivity index (χ0v) is 14.7. The van der Waals surface area contributed by atoms with Crippen molar-refractivity contribution in [2.24, 2.45) is 0 Å². The third kappa shape index (κ3) is 2.70. The molecule has 24 heavy (non-hydrogen) atoms. The van der Waals surface area contributed by atoms with Crippen molar-refractivity contribution in [1.29, 1.82) is 0 Å². The summed E-state index contributed by atoms with van der Waals surface area (Å²) in [5.74, 6) is 1.58. The Morgan fingerprint density at radius 3 is 2.75 bits per heavy atom. The van der Waals surface area contributed by atoms with E-state index < -0.39 is 0 Å². The van der Waals surface area contributed by atoms with Crippen LogP contribution in [0.3, 0.4) is 0 Å². The highest BCUT2D eigenvalue weighted by atomic mass is 35.5. The molecule has 2 aromatic heterocycles. The Balaban J connectivity index is 1.50. The van der Waals surface area contributed by atoms with Gasteiger partial charge in [-0.2, -0.15) is 4.98 Å². The van der Waals surface area contributed by atoms with Crippen LogP contribution in [-0.4, -0.2) is 34.0 Å². The number of aryl methyl sites for hydroxylation is 1. The standard InChI is InChI=1S/C17H16ClN3O2S/c1-10-19-16(23-20-10)11-6-8-21(9-7-11)17(22)15-14(18)12-4-2-3-5-13(12)24-15/h2-5,11H,6-9H2,1H3. The first kappa shape index (κ1) is 15.6. The molecule has 1 aliphatic rings. The maximum absolute atomic E-state index is 12.8. The lowest BCUT2D eigenvalue weighted by atomic mass is 9.96. The summed E-state index contributed by atoms with van der Waals surface area (Å²) in [6.45, 7) is 3.17. The lowest BCUT2D eigenvalue weighted by Gasteiger charge is -2.30. The third-order valence-corrected chi connectivity index (χ3v) is 6.07. The second-order valence-corrected chi connectivity index (χ2v) is 7.42. The number of carbonyl (C=O) groups is 1. The highest BCUT2D eigenvalue weighted by molar-refractivity contribution is 7.21. The summed E-state index contributed by atoms with van der Waals surface area (Å²) in [5, 5.41) is 5.36. The number of thiophene rings is 1. The lowest BCUT2D eigenvalue weighted by Crippen LogP contribution is -2.37. The third-order valence-electron chi connectivity index (χ3n) is 4.40. The number of carbonyl (C=O) groups excluding carboxylic acids is 1. The van der Waals surface area contributed by atoms with E-state index in [4.69, 9.17) is 16.1 Å². The highest BCUT2D eigenvalue weighted by Crippen LogP contribution is 2.37. The van der Waals surface area contributed by atoms with E-state index in [2.05, 4.69) is 10.1 Å². The summed E-state index contributed by atoms with van der Waals surface area (Å²) < 4.78 is 6.30. The molecule has 3 aromatic rings. The molecule has 1 fully saturated rings. The second kappa shape index (κ2) is 6.18. The predicted molar refractivity (Wildman–Crippen MR) is 93.7 cm³/mol. The molecule has 4 rings (SSSR count). The van der Waals surface area contributed by atoms with Crippen LogP contribution >= 0.6 is 22.9 Å². The molecule has 0 unspecified atom stereocenters. The van der Waals surface area contributed by atoms with Gasteiger partial charge in [-0.25, -0.2) is 0 Å². The maximum atomic E-state index is 12.8. The molecule has 0 spiro atoms. The molecule has 3 heterocycles. The molecule has 0 N–H and O–H groups in total. The van der Waals surface area contributed by atoms with Gasteiger partial charge in [0.15, 0.2) is 5.82 Å². The van der Waals surface area contributed by atoms with E-state index in [-0.39, 0.29) is 11.8 Å². The Bertz CT molecular complexity index is 896. The van der Waals surface area contributed by atoms with Gasteiger partial charge in [0.25, 0.3) is 5.91 Å². The number of fused-ring (bicyclic) bond motifs is 1. The Morgan fingerprint density at radius 2 is 2.08 bits per heavy atom. The van der Waals surface area contributed by atoms with Crippen molar-refractivity contribution in [1.82, 2.24) is 15.0 Å². The second-order valence-electron chi connectivity index (χ2n) is 5.99. The number of amides is 1.